The molecule has 0 fully saturated rings. The molecule has 1 aromatic carbocycles. The maximum absolute atomic E-state index is 12.2. The average Bonchev–Trinajstić information content (AvgIpc) is 2.61. The Labute approximate surface area is 157 Å². The van der Waals surface area contributed by atoms with Crippen molar-refractivity contribution < 1.29 is 23.8 Å². The molecule has 0 aliphatic carbocycles. The van der Waals surface area contributed by atoms with Crippen LogP contribution >= 0.6 is 0 Å². The standard InChI is InChI=1S/C20H25NO6/c1-6-11(3)18(19(23)24)21-16(22)9-26-14-7-10(2)8-15-17(14)12(4)13(5)20(25)27-15/h7-8,11,18H,6,9H2,1-5H3,(H,21,22)(H,23,24)/t11-,18-/m0/s1. The lowest BCUT2D eigenvalue weighted by Gasteiger charge is -2.20. The van der Waals surface area contributed by atoms with Gasteiger partial charge in [-0.25, -0.2) is 9.59 Å². The lowest BCUT2D eigenvalue weighted by Crippen LogP contribution is -2.46. The number of fused-ring (bicyclic) bond motifs is 1. The molecule has 27 heavy (non-hydrogen) atoms. The van der Waals surface area contributed by atoms with Crippen LogP contribution in [0.4, 0.5) is 0 Å². The topological polar surface area (TPSA) is 106 Å². The number of carboxylic acids is 1. The third-order valence-corrected chi connectivity index (χ3v) is 4.81. The van der Waals surface area contributed by atoms with Crippen LogP contribution in [0.2, 0.25) is 0 Å². The summed E-state index contributed by atoms with van der Waals surface area (Å²) in [6.45, 7) is 8.57. The third-order valence-electron chi connectivity index (χ3n) is 4.81. The SMILES string of the molecule is CC[C@H](C)[C@H](NC(=O)COc1cc(C)cc2oc(=O)c(C)c(C)c12)C(=O)O. The van der Waals surface area contributed by atoms with Gasteiger partial charge in [-0.15, -0.1) is 0 Å². The van der Waals surface area contributed by atoms with Crippen molar-refractivity contribution in [3.05, 3.63) is 39.2 Å². The Balaban J connectivity index is 2.26. The molecule has 1 amide bonds. The van der Waals surface area contributed by atoms with Gasteiger partial charge in [-0.2, -0.15) is 0 Å². The van der Waals surface area contributed by atoms with Crippen molar-refractivity contribution in [2.75, 3.05) is 6.61 Å². The van der Waals surface area contributed by atoms with Crippen LogP contribution in [0.15, 0.2) is 21.3 Å². The van der Waals surface area contributed by atoms with Crippen molar-refractivity contribution in [2.45, 2.75) is 47.1 Å². The predicted molar refractivity (Wildman–Crippen MR) is 101 cm³/mol. The molecule has 1 aromatic heterocycles. The van der Waals surface area contributed by atoms with Crippen LogP contribution < -0.4 is 15.7 Å². The summed E-state index contributed by atoms with van der Waals surface area (Å²) in [4.78, 5) is 35.4. The molecule has 2 rings (SSSR count). The highest BCUT2D eigenvalue weighted by Crippen LogP contribution is 2.30. The van der Waals surface area contributed by atoms with Gasteiger partial charge in [0.2, 0.25) is 0 Å². The zero-order valence-corrected chi connectivity index (χ0v) is 16.2. The van der Waals surface area contributed by atoms with Gasteiger partial charge in [0.15, 0.2) is 6.61 Å². The van der Waals surface area contributed by atoms with Gasteiger partial charge >= 0.3 is 11.6 Å². The summed E-state index contributed by atoms with van der Waals surface area (Å²) in [5.74, 6) is -1.39. The minimum Gasteiger partial charge on any atom is -0.483 e. The summed E-state index contributed by atoms with van der Waals surface area (Å²) >= 11 is 0. The Hall–Kier alpha value is -2.83. The molecular formula is C20H25NO6. The molecule has 7 heteroatoms. The van der Waals surface area contributed by atoms with E-state index in [1.807, 2.05) is 13.8 Å². The maximum Gasteiger partial charge on any atom is 0.339 e. The Morgan fingerprint density at radius 1 is 1.22 bits per heavy atom. The monoisotopic (exact) mass is 375 g/mol. The number of amides is 1. The number of benzene rings is 1. The number of aliphatic carboxylic acids is 1. The van der Waals surface area contributed by atoms with Crippen LogP contribution in [0.1, 0.15) is 37.0 Å². The fourth-order valence-electron chi connectivity index (χ4n) is 2.84. The smallest absolute Gasteiger partial charge is 0.339 e. The van der Waals surface area contributed by atoms with Crippen molar-refractivity contribution in [3.8, 4) is 5.75 Å². The molecular weight excluding hydrogens is 350 g/mol. The Morgan fingerprint density at radius 3 is 2.48 bits per heavy atom. The fourth-order valence-corrected chi connectivity index (χ4v) is 2.84. The number of hydrogen-bond donors (Lipinski definition) is 2. The van der Waals surface area contributed by atoms with Crippen molar-refractivity contribution in [1.82, 2.24) is 5.32 Å². The highest BCUT2D eigenvalue weighted by atomic mass is 16.5. The molecule has 1 heterocycles. The summed E-state index contributed by atoms with van der Waals surface area (Å²) in [6.07, 6.45) is 0.623. The van der Waals surface area contributed by atoms with Crippen LogP contribution in [-0.2, 0) is 9.59 Å². The van der Waals surface area contributed by atoms with Crippen molar-refractivity contribution in [3.63, 3.8) is 0 Å². The average molecular weight is 375 g/mol. The van der Waals surface area contributed by atoms with Crippen molar-refractivity contribution in [2.24, 2.45) is 5.92 Å². The number of nitrogens with one attached hydrogen (secondary N) is 1. The third kappa shape index (κ3) is 4.48. The van der Waals surface area contributed by atoms with E-state index in [-0.39, 0.29) is 12.5 Å². The first-order valence-electron chi connectivity index (χ1n) is 8.85. The van der Waals surface area contributed by atoms with E-state index in [0.717, 1.165) is 11.1 Å². The molecule has 7 nitrogen and oxygen atoms in total. The zero-order valence-electron chi connectivity index (χ0n) is 16.2. The second-order valence-electron chi connectivity index (χ2n) is 6.83. The number of ether oxygens (including phenoxy) is 1. The summed E-state index contributed by atoms with van der Waals surface area (Å²) in [5, 5.41) is 12.4. The number of aryl methyl sites for hydroxylation is 2. The largest absolute Gasteiger partial charge is 0.483 e. The van der Waals surface area contributed by atoms with Crippen molar-refractivity contribution >= 4 is 22.8 Å². The lowest BCUT2D eigenvalue weighted by atomic mass is 9.99. The van der Waals surface area contributed by atoms with Gasteiger partial charge < -0.3 is 19.6 Å². The number of rotatable bonds is 7. The highest BCUT2D eigenvalue weighted by molar-refractivity contribution is 5.89. The van der Waals surface area contributed by atoms with Gasteiger partial charge in [-0.3, -0.25) is 4.79 Å². The van der Waals surface area contributed by atoms with Crippen molar-refractivity contribution in [1.29, 1.82) is 0 Å². The van der Waals surface area contributed by atoms with E-state index >= 15 is 0 Å². The van der Waals surface area contributed by atoms with Crippen LogP contribution in [0.25, 0.3) is 11.0 Å². The van der Waals surface area contributed by atoms with Crippen LogP contribution in [-0.4, -0.2) is 29.6 Å². The lowest BCUT2D eigenvalue weighted by molar-refractivity contribution is -0.143. The first kappa shape index (κ1) is 20.5. The molecule has 0 saturated heterocycles. The van der Waals surface area contributed by atoms with E-state index in [1.54, 1.807) is 32.9 Å². The van der Waals surface area contributed by atoms with Gasteiger partial charge in [0, 0.05) is 5.56 Å². The number of carboxylic acid groups (broad SMARTS) is 1. The van der Waals surface area contributed by atoms with E-state index in [4.69, 9.17) is 9.15 Å². The molecule has 0 unspecified atom stereocenters. The van der Waals surface area contributed by atoms with Crippen LogP contribution in [0.5, 0.6) is 5.75 Å². The number of carbonyl (C=O) groups excluding carboxylic acids is 1. The summed E-state index contributed by atoms with van der Waals surface area (Å²) in [7, 11) is 0. The van der Waals surface area contributed by atoms with Gasteiger partial charge in [-0.05, 0) is 49.9 Å². The molecule has 2 atom stereocenters. The molecule has 2 aromatic rings. The fraction of sp³-hybridized carbons (Fsp3) is 0.450. The second kappa shape index (κ2) is 8.24. The minimum absolute atomic E-state index is 0.203. The molecule has 0 spiro atoms. The number of hydrogen-bond acceptors (Lipinski definition) is 5. The quantitative estimate of drug-likeness (QED) is 0.721. The Kier molecular flexibility index (Phi) is 6.25. The molecule has 2 N–H and O–H groups in total. The van der Waals surface area contributed by atoms with E-state index < -0.39 is 23.5 Å². The predicted octanol–water partition coefficient (Wildman–Crippen LogP) is 2.71. The normalized spacial score (nSPS) is 13.2. The molecule has 0 aliphatic rings. The molecule has 0 aliphatic heterocycles. The Bertz CT molecular complexity index is 930. The maximum atomic E-state index is 12.2. The Morgan fingerprint density at radius 2 is 1.89 bits per heavy atom. The van der Waals surface area contributed by atoms with Gasteiger partial charge in [-0.1, -0.05) is 20.3 Å². The van der Waals surface area contributed by atoms with E-state index in [1.165, 1.54) is 0 Å². The highest BCUT2D eigenvalue weighted by Gasteiger charge is 2.25. The van der Waals surface area contributed by atoms with Gasteiger partial charge in [0.05, 0.1) is 5.39 Å². The zero-order chi connectivity index (χ0) is 20.3. The summed E-state index contributed by atoms with van der Waals surface area (Å²) in [6, 6.07) is 2.52. The number of carbonyl (C=O) groups is 2. The van der Waals surface area contributed by atoms with Gasteiger partial charge in [0.1, 0.15) is 17.4 Å². The van der Waals surface area contributed by atoms with Crippen LogP contribution in [0, 0.1) is 26.7 Å². The van der Waals surface area contributed by atoms with E-state index in [0.29, 0.717) is 28.7 Å². The summed E-state index contributed by atoms with van der Waals surface area (Å²) < 4.78 is 11.0. The van der Waals surface area contributed by atoms with E-state index in [2.05, 4.69) is 5.32 Å². The van der Waals surface area contributed by atoms with E-state index in [9.17, 15) is 19.5 Å². The molecule has 146 valence electrons. The minimum atomic E-state index is -1.08. The molecule has 0 saturated carbocycles. The summed E-state index contributed by atoms with van der Waals surface area (Å²) in [5.41, 5.74) is 1.99. The second-order valence-corrected chi connectivity index (χ2v) is 6.83. The molecule has 0 radical (unpaired) electrons. The first-order chi connectivity index (χ1) is 12.6. The molecule has 0 bridgehead atoms. The first-order valence-corrected chi connectivity index (χ1v) is 8.85. The van der Waals surface area contributed by atoms with Gasteiger partial charge in [0.25, 0.3) is 5.91 Å². The van der Waals surface area contributed by atoms with Crippen LogP contribution in [0.3, 0.4) is 0 Å².